The standard InChI is InChI=1S/C12H9ClFN3O2/c1-6-7(11(18)19)5-15-12(16-6)17-9-4-2-3-8(13)10(9)14/h2-5H,1H3,(H,18,19)(H,15,16,17). The number of carboxylic acids is 1. The van der Waals surface area contributed by atoms with Crippen LogP contribution in [0.3, 0.4) is 0 Å². The van der Waals surface area contributed by atoms with Crippen molar-refractivity contribution < 1.29 is 14.3 Å². The van der Waals surface area contributed by atoms with Crippen molar-refractivity contribution >= 4 is 29.2 Å². The van der Waals surface area contributed by atoms with E-state index in [1.54, 1.807) is 6.07 Å². The van der Waals surface area contributed by atoms with Gasteiger partial charge in [-0.25, -0.2) is 19.2 Å². The first-order chi connectivity index (χ1) is 8.99. The van der Waals surface area contributed by atoms with Gasteiger partial charge in [-0.1, -0.05) is 17.7 Å². The molecule has 0 amide bonds. The summed E-state index contributed by atoms with van der Waals surface area (Å²) in [5.41, 5.74) is 0.402. The molecular weight excluding hydrogens is 273 g/mol. The summed E-state index contributed by atoms with van der Waals surface area (Å²) in [6.45, 7) is 1.53. The van der Waals surface area contributed by atoms with E-state index in [1.807, 2.05) is 0 Å². The van der Waals surface area contributed by atoms with E-state index in [9.17, 15) is 9.18 Å². The number of aryl methyl sites for hydroxylation is 1. The predicted molar refractivity (Wildman–Crippen MR) is 68.4 cm³/mol. The van der Waals surface area contributed by atoms with Crippen molar-refractivity contribution in [1.29, 1.82) is 0 Å². The van der Waals surface area contributed by atoms with Gasteiger partial charge in [0.1, 0.15) is 0 Å². The lowest BCUT2D eigenvalue weighted by molar-refractivity contribution is 0.0695. The van der Waals surface area contributed by atoms with Crippen LogP contribution >= 0.6 is 11.6 Å². The molecule has 0 aliphatic rings. The summed E-state index contributed by atoms with van der Waals surface area (Å²) in [6, 6.07) is 4.47. The molecule has 19 heavy (non-hydrogen) atoms. The average Bonchev–Trinajstić information content (AvgIpc) is 2.34. The molecule has 1 aromatic carbocycles. The molecule has 0 radical (unpaired) electrons. The van der Waals surface area contributed by atoms with E-state index in [-0.39, 0.29) is 27.9 Å². The van der Waals surface area contributed by atoms with Gasteiger partial charge in [-0.05, 0) is 19.1 Å². The number of nitrogens with one attached hydrogen (secondary N) is 1. The van der Waals surface area contributed by atoms with Crippen LogP contribution in [0.25, 0.3) is 0 Å². The van der Waals surface area contributed by atoms with Crippen molar-refractivity contribution in [2.24, 2.45) is 0 Å². The molecule has 0 unspecified atom stereocenters. The number of hydrogen-bond donors (Lipinski definition) is 2. The number of nitrogens with zero attached hydrogens (tertiary/aromatic N) is 2. The van der Waals surface area contributed by atoms with Crippen molar-refractivity contribution in [2.75, 3.05) is 5.32 Å². The van der Waals surface area contributed by atoms with Crippen molar-refractivity contribution in [3.8, 4) is 0 Å². The summed E-state index contributed by atoms with van der Waals surface area (Å²) in [5, 5.41) is 11.5. The first-order valence-electron chi connectivity index (χ1n) is 5.27. The second-order valence-electron chi connectivity index (χ2n) is 3.72. The minimum Gasteiger partial charge on any atom is -0.478 e. The molecule has 7 heteroatoms. The normalized spacial score (nSPS) is 10.3. The third kappa shape index (κ3) is 2.79. The van der Waals surface area contributed by atoms with Crippen LogP contribution in [-0.4, -0.2) is 21.0 Å². The summed E-state index contributed by atoms with van der Waals surface area (Å²) in [6.07, 6.45) is 1.16. The number of benzene rings is 1. The van der Waals surface area contributed by atoms with Gasteiger partial charge in [0, 0.05) is 6.20 Å². The number of anilines is 2. The summed E-state index contributed by atoms with van der Waals surface area (Å²) in [7, 11) is 0. The maximum Gasteiger partial charge on any atom is 0.339 e. The van der Waals surface area contributed by atoms with Gasteiger partial charge in [0.05, 0.1) is 22.0 Å². The molecule has 1 aromatic heterocycles. The third-order valence-corrected chi connectivity index (χ3v) is 2.70. The van der Waals surface area contributed by atoms with Crippen LogP contribution in [0, 0.1) is 12.7 Å². The maximum absolute atomic E-state index is 13.7. The van der Waals surface area contributed by atoms with Crippen LogP contribution in [0.15, 0.2) is 24.4 Å². The lowest BCUT2D eigenvalue weighted by Crippen LogP contribution is -2.06. The zero-order valence-electron chi connectivity index (χ0n) is 9.82. The number of carboxylic acid groups (broad SMARTS) is 1. The van der Waals surface area contributed by atoms with Gasteiger partial charge in [0.25, 0.3) is 0 Å². The lowest BCUT2D eigenvalue weighted by Gasteiger charge is -2.08. The molecule has 2 rings (SSSR count). The molecule has 2 aromatic rings. The maximum atomic E-state index is 13.7. The number of rotatable bonds is 3. The first-order valence-corrected chi connectivity index (χ1v) is 5.65. The highest BCUT2D eigenvalue weighted by Crippen LogP contribution is 2.24. The summed E-state index contributed by atoms with van der Waals surface area (Å²) < 4.78 is 13.7. The molecule has 0 saturated heterocycles. The van der Waals surface area contributed by atoms with Crippen LogP contribution in [-0.2, 0) is 0 Å². The fourth-order valence-corrected chi connectivity index (χ4v) is 1.63. The predicted octanol–water partition coefficient (Wildman–Crippen LogP) is 3.02. The molecule has 5 nitrogen and oxygen atoms in total. The van der Waals surface area contributed by atoms with E-state index in [2.05, 4.69) is 15.3 Å². The topological polar surface area (TPSA) is 75.1 Å². The largest absolute Gasteiger partial charge is 0.478 e. The van der Waals surface area contributed by atoms with Crippen molar-refractivity contribution in [3.63, 3.8) is 0 Å². The fourth-order valence-electron chi connectivity index (χ4n) is 1.46. The van der Waals surface area contributed by atoms with Gasteiger partial charge in [-0.2, -0.15) is 0 Å². The second-order valence-corrected chi connectivity index (χ2v) is 4.13. The van der Waals surface area contributed by atoms with E-state index < -0.39 is 11.8 Å². The number of aromatic nitrogens is 2. The van der Waals surface area contributed by atoms with Crippen LogP contribution in [0.1, 0.15) is 16.1 Å². The molecule has 1 heterocycles. The number of carbonyl (C=O) groups is 1. The Kier molecular flexibility index (Phi) is 3.62. The summed E-state index contributed by atoms with van der Waals surface area (Å²) in [4.78, 5) is 18.6. The third-order valence-electron chi connectivity index (χ3n) is 2.41. The Morgan fingerprint density at radius 1 is 1.47 bits per heavy atom. The Morgan fingerprint density at radius 2 is 2.21 bits per heavy atom. The monoisotopic (exact) mass is 281 g/mol. The van der Waals surface area contributed by atoms with Crippen LogP contribution in [0.5, 0.6) is 0 Å². The zero-order chi connectivity index (χ0) is 14.0. The van der Waals surface area contributed by atoms with Gasteiger partial charge < -0.3 is 10.4 Å². The minimum absolute atomic E-state index is 0.00267. The van der Waals surface area contributed by atoms with Crippen LogP contribution in [0.2, 0.25) is 5.02 Å². The van der Waals surface area contributed by atoms with Gasteiger partial charge in [0.15, 0.2) is 5.82 Å². The highest BCUT2D eigenvalue weighted by atomic mass is 35.5. The van der Waals surface area contributed by atoms with Crippen molar-refractivity contribution in [2.45, 2.75) is 6.92 Å². The van der Waals surface area contributed by atoms with E-state index in [4.69, 9.17) is 16.7 Å². The molecule has 0 spiro atoms. The Balaban J connectivity index is 2.32. The Labute approximate surface area is 113 Å². The Hall–Kier alpha value is -2.21. The summed E-state index contributed by atoms with van der Waals surface area (Å²) >= 11 is 5.64. The van der Waals surface area contributed by atoms with E-state index in [1.165, 1.54) is 19.1 Å². The Morgan fingerprint density at radius 3 is 2.84 bits per heavy atom. The molecule has 0 atom stereocenters. The van der Waals surface area contributed by atoms with Crippen LogP contribution < -0.4 is 5.32 Å². The number of hydrogen-bond acceptors (Lipinski definition) is 4. The molecule has 0 bridgehead atoms. The second kappa shape index (κ2) is 5.19. The molecule has 98 valence electrons. The SMILES string of the molecule is Cc1nc(Nc2cccc(Cl)c2F)ncc1C(=O)O. The van der Waals surface area contributed by atoms with E-state index >= 15 is 0 Å². The highest BCUT2D eigenvalue weighted by Gasteiger charge is 2.12. The molecule has 2 N–H and O–H groups in total. The molecule has 0 aliphatic carbocycles. The molecule has 0 saturated carbocycles. The highest BCUT2D eigenvalue weighted by molar-refractivity contribution is 6.31. The van der Waals surface area contributed by atoms with Gasteiger partial charge in [-0.15, -0.1) is 0 Å². The minimum atomic E-state index is -1.11. The first kappa shape index (κ1) is 13.2. The van der Waals surface area contributed by atoms with E-state index in [0.717, 1.165) is 6.20 Å². The lowest BCUT2D eigenvalue weighted by atomic mass is 10.2. The summed E-state index contributed by atoms with van der Waals surface area (Å²) in [5.74, 6) is -1.63. The molecular formula is C12H9ClFN3O2. The van der Waals surface area contributed by atoms with Gasteiger partial charge >= 0.3 is 5.97 Å². The Bertz CT molecular complexity index is 649. The van der Waals surface area contributed by atoms with Crippen molar-refractivity contribution in [1.82, 2.24) is 9.97 Å². The fraction of sp³-hybridized carbons (Fsp3) is 0.0833. The average molecular weight is 282 g/mol. The number of halogens is 2. The van der Waals surface area contributed by atoms with Gasteiger partial charge in [-0.3, -0.25) is 0 Å². The smallest absolute Gasteiger partial charge is 0.339 e. The zero-order valence-corrected chi connectivity index (χ0v) is 10.6. The molecule has 0 fully saturated rings. The number of aromatic carboxylic acids is 1. The van der Waals surface area contributed by atoms with E-state index in [0.29, 0.717) is 0 Å². The van der Waals surface area contributed by atoms with Gasteiger partial charge in [0.2, 0.25) is 5.95 Å². The van der Waals surface area contributed by atoms with Crippen LogP contribution in [0.4, 0.5) is 16.0 Å². The quantitative estimate of drug-likeness (QED) is 0.904. The van der Waals surface area contributed by atoms with Crippen molar-refractivity contribution in [3.05, 3.63) is 46.5 Å². The molecule has 0 aliphatic heterocycles.